The molecular formula is C22H24N2O4. The molecule has 6 heteroatoms. The number of ether oxygens (including phenoxy) is 1. The van der Waals surface area contributed by atoms with Crippen molar-refractivity contribution in [1.29, 1.82) is 0 Å². The van der Waals surface area contributed by atoms with E-state index < -0.39 is 23.9 Å². The number of nitrogens with zero attached hydrogens (tertiary/aromatic N) is 1. The van der Waals surface area contributed by atoms with Gasteiger partial charge in [0.1, 0.15) is 0 Å². The van der Waals surface area contributed by atoms with Crippen LogP contribution in [0, 0.1) is 5.92 Å². The van der Waals surface area contributed by atoms with Crippen LogP contribution < -0.4 is 10.2 Å². The molecule has 1 heterocycles. The molecule has 0 spiro atoms. The number of amides is 2. The van der Waals surface area contributed by atoms with Crippen LogP contribution in [0.3, 0.4) is 0 Å². The zero-order chi connectivity index (χ0) is 20.1. The fourth-order valence-electron chi connectivity index (χ4n) is 3.26. The molecule has 0 unspecified atom stereocenters. The van der Waals surface area contributed by atoms with E-state index >= 15 is 0 Å². The van der Waals surface area contributed by atoms with Crippen molar-refractivity contribution in [1.82, 2.24) is 0 Å². The third kappa shape index (κ3) is 4.39. The fourth-order valence-corrected chi connectivity index (χ4v) is 3.26. The van der Waals surface area contributed by atoms with Crippen molar-refractivity contribution >= 4 is 29.2 Å². The summed E-state index contributed by atoms with van der Waals surface area (Å²) in [5.74, 6) is -1.62. The second-order valence-electron chi connectivity index (χ2n) is 6.82. The molecule has 0 aliphatic carbocycles. The quantitative estimate of drug-likeness (QED) is 0.781. The van der Waals surface area contributed by atoms with Crippen molar-refractivity contribution in [2.75, 3.05) is 16.8 Å². The molecule has 6 nitrogen and oxygen atoms in total. The maximum atomic E-state index is 12.5. The highest BCUT2D eigenvalue weighted by Gasteiger charge is 2.37. The zero-order valence-corrected chi connectivity index (χ0v) is 16.1. The second kappa shape index (κ2) is 8.69. The van der Waals surface area contributed by atoms with E-state index in [1.807, 2.05) is 37.3 Å². The lowest BCUT2D eigenvalue weighted by Crippen LogP contribution is -2.33. The predicted molar refractivity (Wildman–Crippen MR) is 107 cm³/mol. The highest BCUT2D eigenvalue weighted by Crippen LogP contribution is 2.29. The highest BCUT2D eigenvalue weighted by molar-refractivity contribution is 6.01. The number of carbonyl (C=O) groups is 3. The Labute approximate surface area is 164 Å². The first kappa shape index (κ1) is 19.6. The Morgan fingerprint density at radius 3 is 2.54 bits per heavy atom. The smallest absolute Gasteiger partial charge is 0.312 e. The first-order valence-electron chi connectivity index (χ1n) is 9.44. The second-order valence-corrected chi connectivity index (χ2v) is 6.82. The van der Waals surface area contributed by atoms with E-state index in [1.54, 1.807) is 29.2 Å². The van der Waals surface area contributed by atoms with Gasteiger partial charge in [-0.05, 0) is 37.1 Å². The standard InChI is InChI=1S/C22H24N2O4/c1-3-16-9-7-8-12-19(16)24-14-17(13-20(24)25)22(27)28-15(2)21(26)23-18-10-5-4-6-11-18/h4-12,15,17H,3,13-14H2,1-2H3,(H,23,26)/t15-,17-/m0/s1. The van der Waals surface area contributed by atoms with Crippen molar-refractivity contribution in [3.63, 3.8) is 0 Å². The molecule has 2 atom stereocenters. The van der Waals surface area contributed by atoms with Gasteiger partial charge in [0.15, 0.2) is 6.10 Å². The van der Waals surface area contributed by atoms with Gasteiger partial charge in [-0.15, -0.1) is 0 Å². The molecule has 2 aromatic carbocycles. The molecule has 1 aliphatic heterocycles. The van der Waals surface area contributed by atoms with Crippen molar-refractivity contribution < 1.29 is 19.1 Å². The van der Waals surface area contributed by atoms with Crippen molar-refractivity contribution in [3.05, 3.63) is 60.2 Å². The average molecular weight is 380 g/mol. The summed E-state index contributed by atoms with van der Waals surface area (Å²) in [6.07, 6.45) is -0.0601. The Bertz CT molecular complexity index is 866. The third-order valence-corrected chi connectivity index (χ3v) is 4.83. The van der Waals surface area contributed by atoms with Gasteiger partial charge in [-0.1, -0.05) is 43.3 Å². The highest BCUT2D eigenvalue weighted by atomic mass is 16.5. The maximum absolute atomic E-state index is 12.5. The van der Waals surface area contributed by atoms with Crippen molar-refractivity contribution in [3.8, 4) is 0 Å². The summed E-state index contributed by atoms with van der Waals surface area (Å²) in [6.45, 7) is 3.82. The summed E-state index contributed by atoms with van der Waals surface area (Å²) in [5.41, 5.74) is 2.52. The van der Waals surface area contributed by atoms with Crippen LogP contribution in [0.25, 0.3) is 0 Å². The molecule has 0 radical (unpaired) electrons. The molecule has 3 rings (SSSR count). The molecule has 1 saturated heterocycles. The number of para-hydroxylation sites is 2. The summed E-state index contributed by atoms with van der Waals surface area (Å²) < 4.78 is 5.33. The molecule has 28 heavy (non-hydrogen) atoms. The summed E-state index contributed by atoms with van der Waals surface area (Å²) in [5, 5.41) is 2.70. The van der Waals surface area contributed by atoms with Gasteiger partial charge in [-0.25, -0.2) is 0 Å². The van der Waals surface area contributed by atoms with Crippen LogP contribution in [0.15, 0.2) is 54.6 Å². The topological polar surface area (TPSA) is 75.7 Å². The van der Waals surface area contributed by atoms with E-state index in [1.165, 1.54) is 6.92 Å². The zero-order valence-electron chi connectivity index (χ0n) is 16.1. The van der Waals surface area contributed by atoms with Gasteiger partial charge in [0.2, 0.25) is 5.91 Å². The average Bonchev–Trinajstić information content (AvgIpc) is 3.10. The number of aryl methyl sites for hydroxylation is 1. The number of rotatable bonds is 6. The van der Waals surface area contributed by atoms with E-state index in [2.05, 4.69) is 5.32 Å². The van der Waals surface area contributed by atoms with Crippen LogP contribution in [0.5, 0.6) is 0 Å². The van der Waals surface area contributed by atoms with Crippen molar-refractivity contribution in [2.45, 2.75) is 32.8 Å². The molecule has 0 aromatic heterocycles. The minimum atomic E-state index is -0.945. The maximum Gasteiger partial charge on any atom is 0.312 e. The molecular weight excluding hydrogens is 356 g/mol. The summed E-state index contributed by atoms with van der Waals surface area (Å²) in [4.78, 5) is 38.8. The van der Waals surface area contributed by atoms with Crippen LogP contribution >= 0.6 is 0 Å². The Balaban J connectivity index is 1.60. The number of carbonyl (C=O) groups excluding carboxylic acids is 3. The molecule has 1 aliphatic rings. The lowest BCUT2D eigenvalue weighted by Gasteiger charge is -2.20. The molecule has 1 N–H and O–H groups in total. The summed E-state index contributed by atoms with van der Waals surface area (Å²) in [6, 6.07) is 16.6. The number of anilines is 2. The number of esters is 1. The van der Waals surface area contributed by atoms with E-state index in [9.17, 15) is 14.4 Å². The number of benzene rings is 2. The molecule has 0 bridgehead atoms. The normalized spacial score (nSPS) is 17.3. The molecule has 2 aromatic rings. The predicted octanol–water partition coefficient (Wildman–Crippen LogP) is 3.17. The van der Waals surface area contributed by atoms with E-state index in [0.717, 1.165) is 17.7 Å². The van der Waals surface area contributed by atoms with Crippen LogP contribution in [-0.2, 0) is 25.5 Å². The lowest BCUT2D eigenvalue weighted by atomic mass is 10.1. The molecule has 0 saturated carbocycles. The minimum Gasteiger partial charge on any atom is -0.452 e. The largest absolute Gasteiger partial charge is 0.452 e. The summed E-state index contributed by atoms with van der Waals surface area (Å²) in [7, 11) is 0. The van der Waals surface area contributed by atoms with E-state index in [0.29, 0.717) is 5.69 Å². The van der Waals surface area contributed by atoms with Crippen LogP contribution in [0.2, 0.25) is 0 Å². The van der Waals surface area contributed by atoms with Crippen LogP contribution in [-0.4, -0.2) is 30.4 Å². The van der Waals surface area contributed by atoms with E-state index in [4.69, 9.17) is 4.74 Å². The van der Waals surface area contributed by atoms with Gasteiger partial charge in [0.05, 0.1) is 5.92 Å². The van der Waals surface area contributed by atoms with Gasteiger partial charge >= 0.3 is 5.97 Å². The van der Waals surface area contributed by atoms with Crippen LogP contribution in [0.4, 0.5) is 11.4 Å². The first-order chi connectivity index (χ1) is 13.5. The number of hydrogen-bond donors (Lipinski definition) is 1. The Hall–Kier alpha value is -3.15. The monoisotopic (exact) mass is 380 g/mol. The van der Waals surface area contributed by atoms with Gasteiger partial charge in [-0.3, -0.25) is 14.4 Å². The number of hydrogen-bond acceptors (Lipinski definition) is 4. The lowest BCUT2D eigenvalue weighted by molar-refractivity contribution is -0.157. The fraction of sp³-hybridized carbons (Fsp3) is 0.318. The molecule has 1 fully saturated rings. The van der Waals surface area contributed by atoms with E-state index in [-0.39, 0.29) is 18.9 Å². The SMILES string of the molecule is CCc1ccccc1N1C[C@@H](C(=O)O[C@@H](C)C(=O)Nc2ccccc2)CC1=O. The number of nitrogens with one attached hydrogen (secondary N) is 1. The van der Waals surface area contributed by atoms with Gasteiger partial charge < -0.3 is 15.0 Å². The first-order valence-corrected chi connectivity index (χ1v) is 9.44. The van der Waals surface area contributed by atoms with Crippen molar-refractivity contribution in [2.24, 2.45) is 5.92 Å². The summed E-state index contributed by atoms with van der Waals surface area (Å²) >= 11 is 0. The van der Waals surface area contributed by atoms with Gasteiger partial charge in [0, 0.05) is 24.3 Å². The Morgan fingerprint density at radius 1 is 1.14 bits per heavy atom. The van der Waals surface area contributed by atoms with Crippen LogP contribution in [0.1, 0.15) is 25.8 Å². The Morgan fingerprint density at radius 2 is 1.82 bits per heavy atom. The Kier molecular flexibility index (Phi) is 6.09. The third-order valence-electron chi connectivity index (χ3n) is 4.83. The van der Waals surface area contributed by atoms with Gasteiger partial charge in [0.25, 0.3) is 5.91 Å². The van der Waals surface area contributed by atoms with Gasteiger partial charge in [-0.2, -0.15) is 0 Å². The molecule has 146 valence electrons. The molecule has 2 amide bonds. The minimum absolute atomic E-state index is 0.0872.